The minimum atomic E-state index is -0.418. The van der Waals surface area contributed by atoms with Gasteiger partial charge in [-0.1, -0.05) is 23.7 Å². The number of nitrogens with zero attached hydrogens (tertiary/aromatic N) is 1. The van der Waals surface area contributed by atoms with Crippen molar-refractivity contribution in [2.75, 3.05) is 5.32 Å². The Bertz CT molecular complexity index is 718. The third-order valence-electron chi connectivity index (χ3n) is 3.20. The van der Waals surface area contributed by atoms with Crippen molar-refractivity contribution in [1.29, 1.82) is 0 Å². The Morgan fingerprint density at radius 2 is 1.90 bits per heavy atom. The number of anilines is 1. The van der Waals surface area contributed by atoms with Crippen LogP contribution in [0.2, 0.25) is 5.02 Å². The fourth-order valence-corrected chi connectivity index (χ4v) is 2.36. The van der Waals surface area contributed by atoms with E-state index in [0.717, 1.165) is 5.56 Å². The molecule has 6 heteroatoms. The first-order valence-electron chi connectivity index (χ1n) is 6.76. The fraction of sp³-hybridized carbons (Fsp3) is 0.333. The van der Waals surface area contributed by atoms with E-state index in [2.05, 4.69) is 10.3 Å². The largest absolute Gasteiger partial charge is 0.365 e. The first-order valence-corrected chi connectivity index (χ1v) is 7.14. The van der Waals surface area contributed by atoms with E-state index in [1.54, 1.807) is 19.9 Å². The van der Waals surface area contributed by atoms with E-state index in [4.69, 9.17) is 11.6 Å². The van der Waals surface area contributed by atoms with Crippen LogP contribution in [-0.2, 0) is 0 Å². The lowest BCUT2D eigenvalue weighted by Crippen LogP contribution is -2.36. The molecule has 1 aromatic heterocycles. The summed E-state index contributed by atoms with van der Waals surface area (Å²) in [4.78, 5) is 26.6. The minimum absolute atomic E-state index is 0.0892. The number of rotatable bonds is 4. The zero-order valence-corrected chi connectivity index (χ0v) is 12.9. The summed E-state index contributed by atoms with van der Waals surface area (Å²) in [6.07, 6.45) is 0. The van der Waals surface area contributed by atoms with E-state index >= 15 is 0 Å². The monoisotopic (exact) mass is 307 g/mol. The molecule has 1 unspecified atom stereocenters. The Kier molecular flexibility index (Phi) is 4.53. The molecule has 1 aromatic carbocycles. The van der Waals surface area contributed by atoms with Crippen molar-refractivity contribution in [1.82, 2.24) is 9.55 Å². The smallest absolute Gasteiger partial charge is 0.330 e. The predicted molar refractivity (Wildman–Crippen MR) is 85.2 cm³/mol. The zero-order valence-electron chi connectivity index (χ0n) is 12.2. The number of aromatic nitrogens is 2. The van der Waals surface area contributed by atoms with Gasteiger partial charge in [0.25, 0.3) is 5.56 Å². The number of hydrogen-bond donors (Lipinski definition) is 2. The summed E-state index contributed by atoms with van der Waals surface area (Å²) >= 11 is 5.96. The molecule has 0 aliphatic rings. The summed E-state index contributed by atoms with van der Waals surface area (Å²) in [7, 11) is 0. The number of aromatic amines is 1. The van der Waals surface area contributed by atoms with Gasteiger partial charge >= 0.3 is 5.69 Å². The Balaban J connectivity index is 2.28. The van der Waals surface area contributed by atoms with Crippen LogP contribution in [-0.4, -0.2) is 9.55 Å². The standard InChI is InChI=1S/C15H18ClN3O2/c1-9(2)19-14(20)8-13(18-15(19)21)17-10(3)11-5-4-6-12(16)7-11/h4-10,17H,1-3H3,(H,18,21). The second-order valence-corrected chi connectivity index (χ2v) is 5.65. The van der Waals surface area contributed by atoms with E-state index in [0.29, 0.717) is 10.8 Å². The fourth-order valence-electron chi connectivity index (χ4n) is 2.16. The number of halogens is 1. The lowest BCUT2D eigenvalue weighted by atomic mass is 10.1. The van der Waals surface area contributed by atoms with Crippen molar-refractivity contribution in [2.45, 2.75) is 32.9 Å². The van der Waals surface area contributed by atoms with Gasteiger partial charge in [0.1, 0.15) is 5.82 Å². The summed E-state index contributed by atoms with van der Waals surface area (Å²) in [6.45, 7) is 5.51. The molecule has 1 atom stereocenters. The minimum Gasteiger partial charge on any atom is -0.365 e. The van der Waals surface area contributed by atoms with E-state index in [1.165, 1.54) is 10.6 Å². The molecule has 2 N–H and O–H groups in total. The van der Waals surface area contributed by atoms with E-state index in [9.17, 15) is 9.59 Å². The third kappa shape index (κ3) is 3.55. The second kappa shape index (κ2) is 6.18. The summed E-state index contributed by atoms with van der Waals surface area (Å²) < 4.78 is 1.18. The van der Waals surface area contributed by atoms with Crippen LogP contribution in [0.5, 0.6) is 0 Å². The molecule has 0 fully saturated rings. The first kappa shape index (κ1) is 15.4. The van der Waals surface area contributed by atoms with Gasteiger partial charge in [0, 0.05) is 23.2 Å². The quantitative estimate of drug-likeness (QED) is 0.912. The van der Waals surface area contributed by atoms with Crippen molar-refractivity contribution in [3.63, 3.8) is 0 Å². The summed E-state index contributed by atoms with van der Waals surface area (Å²) in [6, 6.07) is 8.54. The molecule has 0 amide bonds. The van der Waals surface area contributed by atoms with Gasteiger partial charge in [0.15, 0.2) is 0 Å². The van der Waals surface area contributed by atoms with Crippen LogP contribution in [0.1, 0.15) is 38.4 Å². The topological polar surface area (TPSA) is 66.9 Å². The maximum absolute atomic E-state index is 12.0. The van der Waals surface area contributed by atoms with Crippen LogP contribution >= 0.6 is 11.6 Å². The summed E-state index contributed by atoms with van der Waals surface area (Å²) in [5, 5.41) is 3.75. The molecule has 0 saturated carbocycles. The number of nitrogens with one attached hydrogen (secondary N) is 2. The van der Waals surface area contributed by atoms with Crippen molar-refractivity contribution in [3.05, 3.63) is 61.8 Å². The highest BCUT2D eigenvalue weighted by Crippen LogP contribution is 2.20. The lowest BCUT2D eigenvalue weighted by molar-refractivity contribution is 0.546. The van der Waals surface area contributed by atoms with E-state index in [1.807, 2.05) is 25.1 Å². The van der Waals surface area contributed by atoms with Crippen LogP contribution in [0.25, 0.3) is 0 Å². The molecule has 21 heavy (non-hydrogen) atoms. The molecule has 0 bridgehead atoms. The molecule has 0 radical (unpaired) electrons. The van der Waals surface area contributed by atoms with Crippen LogP contribution in [0, 0.1) is 0 Å². The molecule has 2 rings (SSSR count). The first-order chi connectivity index (χ1) is 9.88. The Hall–Kier alpha value is -2.01. The van der Waals surface area contributed by atoms with Gasteiger partial charge in [0.2, 0.25) is 0 Å². The maximum Gasteiger partial charge on any atom is 0.330 e. The van der Waals surface area contributed by atoms with Gasteiger partial charge < -0.3 is 5.32 Å². The Labute approximate surface area is 127 Å². The lowest BCUT2D eigenvalue weighted by Gasteiger charge is -2.16. The van der Waals surface area contributed by atoms with Crippen molar-refractivity contribution in [3.8, 4) is 0 Å². The molecular weight excluding hydrogens is 290 g/mol. The highest BCUT2D eigenvalue weighted by atomic mass is 35.5. The van der Waals surface area contributed by atoms with Gasteiger partial charge in [-0.2, -0.15) is 0 Å². The molecular formula is C15H18ClN3O2. The van der Waals surface area contributed by atoms with Crippen molar-refractivity contribution >= 4 is 17.4 Å². The van der Waals surface area contributed by atoms with Crippen LogP contribution in [0.3, 0.4) is 0 Å². The normalized spacial score (nSPS) is 12.4. The molecule has 0 saturated heterocycles. The molecule has 1 heterocycles. The van der Waals surface area contributed by atoms with Crippen molar-refractivity contribution in [2.24, 2.45) is 0 Å². The molecule has 0 aliphatic carbocycles. The Morgan fingerprint density at radius 1 is 1.19 bits per heavy atom. The number of benzene rings is 1. The summed E-state index contributed by atoms with van der Waals surface area (Å²) in [5.74, 6) is 0.398. The van der Waals surface area contributed by atoms with Gasteiger partial charge in [-0.05, 0) is 38.5 Å². The van der Waals surface area contributed by atoms with Crippen molar-refractivity contribution < 1.29 is 0 Å². The van der Waals surface area contributed by atoms with Crippen LogP contribution in [0.4, 0.5) is 5.82 Å². The van der Waals surface area contributed by atoms with Gasteiger partial charge in [-0.25, -0.2) is 4.79 Å². The molecule has 0 aliphatic heterocycles. The van der Waals surface area contributed by atoms with Gasteiger partial charge in [-0.15, -0.1) is 0 Å². The SMILES string of the molecule is CC(Nc1cc(=O)n(C(C)C)c(=O)[nH]1)c1cccc(Cl)c1. The Morgan fingerprint density at radius 3 is 2.48 bits per heavy atom. The molecule has 0 spiro atoms. The van der Waals surface area contributed by atoms with Crippen LogP contribution < -0.4 is 16.6 Å². The third-order valence-corrected chi connectivity index (χ3v) is 3.44. The average Bonchev–Trinajstić information content (AvgIpc) is 2.37. The van der Waals surface area contributed by atoms with E-state index < -0.39 is 5.69 Å². The highest BCUT2D eigenvalue weighted by molar-refractivity contribution is 6.30. The average molecular weight is 308 g/mol. The molecule has 112 valence electrons. The van der Waals surface area contributed by atoms with Crippen LogP contribution in [0.15, 0.2) is 39.9 Å². The zero-order chi connectivity index (χ0) is 15.6. The van der Waals surface area contributed by atoms with E-state index in [-0.39, 0.29) is 17.6 Å². The second-order valence-electron chi connectivity index (χ2n) is 5.21. The predicted octanol–water partition coefficient (Wildman–Crippen LogP) is 2.94. The number of H-pyrrole nitrogens is 1. The number of hydrogen-bond acceptors (Lipinski definition) is 3. The van der Waals surface area contributed by atoms with Gasteiger partial charge in [-0.3, -0.25) is 14.3 Å². The maximum atomic E-state index is 12.0. The molecule has 2 aromatic rings. The molecule has 5 nitrogen and oxygen atoms in total. The highest BCUT2D eigenvalue weighted by Gasteiger charge is 2.10. The summed E-state index contributed by atoms with van der Waals surface area (Å²) in [5.41, 5.74) is 0.226. The van der Waals surface area contributed by atoms with Gasteiger partial charge in [0.05, 0.1) is 0 Å².